The fraction of sp³-hybridized carbons (Fsp3) is 0.889. The van der Waals surface area contributed by atoms with Crippen LogP contribution < -0.4 is 5.32 Å². The molecule has 0 amide bonds. The number of aliphatic hydroxyl groups excluding tert-OH is 1. The summed E-state index contributed by atoms with van der Waals surface area (Å²) in [6, 6.07) is -0.459. The van der Waals surface area contributed by atoms with Crippen LogP contribution in [0.5, 0.6) is 0 Å². The molecule has 0 bridgehead atoms. The van der Waals surface area contributed by atoms with E-state index in [1.165, 1.54) is 0 Å². The molecule has 0 saturated carbocycles. The smallest absolute Gasteiger partial charge is 0.325 e. The molecule has 0 aliphatic rings. The van der Waals surface area contributed by atoms with Crippen LogP contribution in [0.25, 0.3) is 0 Å². The molecule has 0 aliphatic heterocycles. The van der Waals surface area contributed by atoms with Gasteiger partial charge in [0.1, 0.15) is 6.04 Å². The van der Waals surface area contributed by atoms with E-state index in [4.69, 9.17) is 9.84 Å². The highest BCUT2D eigenvalue weighted by molar-refractivity contribution is 5.76. The maximum absolute atomic E-state index is 11.3. The van der Waals surface area contributed by atoms with Gasteiger partial charge >= 0.3 is 5.97 Å². The molecule has 0 aromatic carbocycles. The molecule has 13 heavy (non-hydrogen) atoms. The Morgan fingerprint density at radius 2 is 1.92 bits per heavy atom. The lowest BCUT2D eigenvalue weighted by molar-refractivity contribution is -0.151. The van der Waals surface area contributed by atoms with Crippen molar-refractivity contribution in [3.05, 3.63) is 0 Å². The van der Waals surface area contributed by atoms with E-state index in [-0.39, 0.29) is 18.8 Å². The molecule has 1 atom stereocenters. The van der Waals surface area contributed by atoms with Crippen molar-refractivity contribution < 1.29 is 14.6 Å². The van der Waals surface area contributed by atoms with Gasteiger partial charge in [-0.25, -0.2) is 0 Å². The number of hydrogen-bond acceptors (Lipinski definition) is 4. The minimum Gasteiger partial charge on any atom is -0.462 e. The number of aliphatic hydroxyl groups is 1. The lowest BCUT2D eigenvalue weighted by Gasteiger charge is -2.19. The Kier molecular flexibility index (Phi) is 5.66. The van der Waals surface area contributed by atoms with Gasteiger partial charge in [-0.15, -0.1) is 0 Å². The van der Waals surface area contributed by atoms with Gasteiger partial charge in [-0.2, -0.15) is 0 Å². The number of carbonyl (C=O) groups excluding carboxylic acids is 1. The first kappa shape index (κ1) is 12.4. The van der Waals surface area contributed by atoms with Crippen molar-refractivity contribution in [1.29, 1.82) is 0 Å². The van der Waals surface area contributed by atoms with Crippen molar-refractivity contribution in [2.45, 2.75) is 45.9 Å². The SMILES string of the molecule is CC(C)N[C@@H](CO)C(=O)OC(C)C. The monoisotopic (exact) mass is 189 g/mol. The Morgan fingerprint density at radius 3 is 2.23 bits per heavy atom. The molecular weight excluding hydrogens is 170 g/mol. The van der Waals surface area contributed by atoms with Gasteiger partial charge < -0.3 is 15.2 Å². The average molecular weight is 189 g/mol. The molecule has 0 heterocycles. The fourth-order valence-corrected chi connectivity index (χ4v) is 0.912. The molecule has 2 N–H and O–H groups in total. The molecule has 0 aliphatic carbocycles. The number of carbonyl (C=O) groups is 1. The van der Waals surface area contributed by atoms with Crippen LogP contribution in [0.2, 0.25) is 0 Å². The van der Waals surface area contributed by atoms with E-state index < -0.39 is 12.0 Å². The third kappa shape index (κ3) is 5.60. The molecule has 0 rings (SSSR count). The number of ether oxygens (including phenoxy) is 1. The van der Waals surface area contributed by atoms with Gasteiger partial charge in [0.25, 0.3) is 0 Å². The van der Waals surface area contributed by atoms with Gasteiger partial charge in [0, 0.05) is 6.04 Å². The first-order chi connectivity index (χ1) is 5.97. The first-order valence-corrected chi connectivity index (χ1v) is 4.54. The van der Waals surface area contributed by atoms with Crippen LogP contribution in [0.15, 0.2) is 0 Å². The highest BCUT2D eigenvalue weighted by atomic mass is 16.5. The predicted octanol–water partition coefficient (Wildman–Crippen LogP) is 0.297. The lowest BCUT2D eigenvalue weighted by atomic mass is 10.2. The van der Waals surface area contributed by atoms with E-state index in [9.17, 15) is 4.79 Å². The highest BCUT2D eigenvalue weighted by Gasteiger charge is 2.20. The molecular formula is C9H19NO3. The summed E-state index contributed by atoms with van der Waals surface area (Å²) in [5.41, 5.74) is 0. The molecule has 0 aromatic heterocycles. The van der Waals surface area contributed by atoms with E-state index in [0.717, 1.165) is 0 Å². The molecule has 0 aromatic rings. The number of nitrogens with one attached hydrogen (secondary N) is 1. The summed E-state index contributed by atoms with van der Waals surface area (Å²) in [4.78, 5) is 11.3. The Bertz CT molecular complexity index is 157. The molecule has 78 valence electrons. The molecule has 4 nitrogen and oxygen atoms in total. The first-order valence-electron chi connectivity index (χ1n) is 4.54. The third-order valence-corrected chi connectivity index (χ3v) is 1.35. The van der Waals surface area contributed by atoms with Crippen LogP contribution in [0.4, 0.5) is 0 Å². The van der Waals surface area contributed by atoms with Crippen LogP contribution in [-0.2, 0) is 9.53 Å². The zero-order valence-electron chi connectivity index (χ0n) is 8.70. The van der Waals surface area contributed by atoms with Gasteiger partial charge in [0.05, 0.1) is 12.7 Å². The molecule has 0 spiro atoms. The summed E-state index contributed by atoms with van der Waals surface area (Å²) in [5.74, 6) is -0.397. The number of esters is 1. The summed E-state index contributed by atoms with van der Waals surface area (Å²) in [6.45, 7) is 7.14. The number of hydrogen-bond donors (Lipinski definition) is 2. The average Bonchev–Trinajstić information content (AvgIpc) is 1.98. The Labute approximate surface area is 79.3 Å². The zero-order chi connectivity index (χ0) is 10.4. The van der Waals surface area contributed by atoms with Crippen LogP contribution in [0, 0.1) is 0 Å². The number of rotatable bonds is 5. The Hall–Kier alpha value is -0.610. The second-order valence-electron chi connectivity index (χ2n) is 3.54. The second-order valence-corrected chi connectivity index (χ2v) is 3.54. The Morgan fingerprint density at radius 1 is 1.38 bits per heavy atom. The standard InChI is InChI=1S/C9H19NO3/c1-6(2)10-8(5-11)9(12)13-7(3)4/h6-8,10-11H,5H2,1-4H3/t8-/m0/s1. The summed E-state index contributed by atoms with van der Waals surface area (Å²) in [6.07, 6.45) is -0.143. The lowest BCUT2D eigenvalue weighted by Crippen LogP contribution is -2.45. The molecule has 0 unspecified atom stereocenters. The van der Waals surface area contributed by atoms with Crippen LogP contribution in [0.3, 0.4) is 0 Å². The molecule has 0 radical (unpaired) electrons. The minimum absolute atomic E-state index is 0.143. The highest BCUT2D eigenvalue weighted by Crippen LogP contribution is 1.95. The van der Waals surface area contributed by atoms with Crippen molar-refractivity contribution in [3.63, 3.8) is 0 Å². The van der Waals surface area contributed by atoms with Gasteiger partial charge in [-0.3, -0.25) is 4.79 Å². The van der Waals surface area contributed by atoms with E-state index in [1.807, 2.05) is 13.8 Å². The van der Waals surface area contributed by atoms with Crippen LogP contribution in [-0.4, -0.2) is 35.9 Å². The topological polar surface area (TPSA) is 58.6 Å². The summed E-state index contributed by atoms with van der Waals surface area (Å²) < 4.78 is 4.94. The fourth-order valence-electron chi connectivity index (χ4n) is 0.912. The predicted molar refractivity (Wildman–Crippen MR) is 50.4 cm³/mol. The van der Waals surface area contributed by atoms with E-state index in [2.05, 4.69) is 5.32 Å². The van der Waals surface area contributed by atoms with Crippen molar-refractivity contribution in [2.24, 2.45) is 0 Å². The van der Waals surface area contributed by atoms with E-state index in [1.54, 1.807) is 13.8 Å². The van der Waals surface area contributed by atoms with Crippen molar-refractivity contribution in [2.75, 3.05) is 6.61 Å². The maximum Gasteiger partial charge on any atom is 0.325 e. The second kappa shape index (κ2) is 5.94. The summed E-state index contributed by atoms with van der Waals surface area (Å²) in [5, 5.41) is 11.8. The van der Waals surface area contributed by atoms with Crippen molar-refractivity contribution >= 4 is 5.97 Å². The van der Waals surface area contributed by atoms with E-state index >= 15 is 0 Å². The summed E-state index contributed by atoms with van der Waals surface area (Å²) in [7, 11) is 0. The van der Waals surface area contributed by atoms with Gasteiger partial charge in [0.2, 0.25) is 0 Å². The molecule has 0 saturated heterocycles. The largest absolute Gasteiger partial charge is 0.462 e. The van der Waals surface area contributed by atoms with E-state index in [0.29, 0.717) is 0 Å². The maximum atomic E-state index is 11.3. The summed E-state index contributed by atoms with van der Waals surface area (Å²) >= 11 is 0. The third-order valence-electron chi connectivity index (χ3n) is 1.35. The molecule has 0 fully saturated rings. The molecule has 4 heteroatoms. The van der Waals surface area contributed by atoms with Crippen molar-refractivity contribution in [3.8, 4) is 0 Å². The quantitative estimate of drug-likeness (QED) is 0.611. The minimum atomic E-state index is -0.609. The normalized spacial score (nSPS) is 13.5. The van der Waals surface area contributed by atoms with Crippen molar-refractivity contribution in [1.82, 2.24) is 5.32 Å². The van der Waals surface area contributed by atoms with Gasteiger partial charge in [-0.1, -0.05) is 13.8 Å². The van der Waals surface area contributed by atoms with Crippen LogP contribution >= 0.6 is 0 Å². The van der Waals surface area contributed by atoms with Crippen LogP contribution in [0.1, 0.15) is 27.7 Å². The van der Waals surface area contributed by atoms with Gasteiger partial charge in [0.15, 0.2) is 0 Å². The van der Waals surface area contributed by atoms with Gasteiger partial charge in [-0.05, 0) is 13.8 Å². The zero-order valence-corrected chi connectivity index (χ0v) is 8.70. The Balaban J connectivity index is 3.99.